The molecule has 4 rings (SSSR count). The molecular weight excluding hydrogens is 520 g/mol. The Morgan fingerprint density at radius 3 is 2.00 bits per heavy atom. The maximum Gasteiger partial charge on any atom is 0.283 e. The standard InChI is InChI=1S/C24H15Cl4N3O3/c1-12-2-6-15(7-3-12)30-22(32)13-4-8-14(9-5-13)29-21-20(28)23(33)31(24(21)34)19-11-17(26)16(25)10-18(19)27/h2-11,29H,1H3,(H,30,32). The molecule has 3 aromatic rings. The predicted molar refractivity (Wildman–Crippen MR) is 136 cm³/mol. The van der Waals surface area contributed by atoms with Crippen molar-refractivity contribution in [3.8, 4) is 0 Å². The average Bonchev–Trinajstić information content (AvgIpc) is 3.01. The monoisotopic (exact) mass is 533 g/mol. The first-order valence-electron chi connectivity index (χ1n) is 9.84. The predicted octanol–water partition coefficient (Wildman–Crippen LogP) is 6.64. The Morgan fingerprint density at radius 1 is 0.765 bits per heavy atom. The number of halogens is 4. The van der Waals surface area contributed by atoms with E-state index >= 15 is 0 Å². The average molecular weight is 535 g/mol. The van der Waals surface area contributed by atoms with Crippen LogP contribution in [0.25, 0.3) is 0 Å². The second kappa shape index (κ2) is 9.68. The molecule has 3 aromatic carbocycles. The molecule has 0 spiro atoms. The van der Waals surface area contributed by atoms with Crippen LogP contribution in [0.15, 0.2) is 71.4 Å². The molecule has 1 aliphatic heterocycles. The van der Waals surface area contributed by atoms with E-state index in [0.717, 1.165) is 10.5 Å². The summed E-state index contributed by atoms with van der Waals surface area (Å²) in [6.07, 6.45) is 0. The summed E-state index contributed by atoms with van der Waals surface area (Å²) in [5.41, 5.74) is 2.54. The summed E-state index contributed by atoms with van der Waals surface area (Å²) >= 11 is 24.3. The topological polar surface area (TPSA) is 78.5 Å². The zero-order valence-corrected chi connectivity index (χ0v) is 20.5. The molecule has 10 heteroatoms. The minimum Gasteiger partial charge on any atom is -0.350 e. The van der Waals surface area contributed by atoms with Crippen molar-refractivity contribution in [2.75, 3.05) is 15.5 Å². The summed E-state index contributed by atoms with van der Waals surface area (Å²) in [5.74, 6) is -1.76. The third kappa shape index (κ3) is 4.76. The number of nitrogens with one attached hydrogen (secondary N) is 2. The van der Waals surface area contributed by atoms with Gasteiger partial charge in [-0.2, -0.15) is 0 Å². The van der Waals surface area contributed by atoms with Gasteiger partial charge in [-0.25, -0.2) is 4.90 Å². The molecule has 0 unspecified atom stereocenters. The van der Waals surface area contributed by atoms with Crippen molar-refractivity contribution >= 4 is 81.2 Å². The third-order valence-corrected chi connectivity index (χ3v) is 6.36. The summed E-state index contributed by atoms with van der Waals surface area (Å²) in [6.45, 7) is 1.96. The maximum atomic E-state index is 13.0. The maximum absolute atomic E-state index is 13.0. The lowest BCUT2D eigenvalue weighted by Crippen LogP contribution is -2.32. The number of amides is 3. The van der Waals surface area contributed by atoms with Crippen LogP contribution in [0, 0.1) is 6.92 Å². The highest BCUT2D eigenvalue weighted by molar-refractivity contribution is 6.54. The Bertz CT molecular complexity index is 1350. The molecule has 0 bridgehead atoms. The van der Waals surface area contributed by atoms with Crippen LogP contribution in [0.3, 0.4) is 0 Å². The van der Waals surface area contributed by atoms with Crippen molar-refractivity contribution in [3.63, 3.8) is 0 Å². The van der Waals surface area contributed by atoms with Crippen molar-refractivity contribution in [2.45, 2.75) is 6.92 Å². The highest BCUT2D eigenvalue weighted by Crippen LogP contribution is 2.38. The van der Waals surface area contributed by atoms with Crippen LogP contribution in [0.1, 0.15) is 15.9 Å². The molecule has 34 heavy (non-hydrogen) atoms. The fourth-order valence-corrected chi connectivity index (χ4v) is 4.04. The van der Waals surface area contributed by atoms with Crippen molar-refractivity contribution in [3.05, 3.63) is 97.6 Å². The van der Waals surface area contributed by atoms with E-state index in [4.69, 9.17) is 46.4 Å². The quantitative estimate of drug-likeness (QED) is 0.284. The molecule has 0 aliphatic carbocycles. The van der Waals surface area contributed by atoms with Gasteiger partial charge in [0.25, 0.3) is 17.7 Å². The lowest BCUT2D eigenvalue weighted by molar-refractivity contribution is -0.120. The van der Waals surface area contributed by atoms with Gasteiger partial charge in [0.1, 0.15) is 10.7 Å². The SMILES string of the molecule is Cc1ccc(NC(=O)c2ccc(NC3=C(Cl)C(=O)N(c4cc(Cl)c(Cl)cc4Cl)C3=O)cc2)cc1. The van der Waals surface area contributed by atoms with Crippen LogP contribution in [0.4, 0.5) is 17.1 Å². The van der Waals surface area contributed by atoms with E-state index in [0.29, 0.717) is 16.9 Å². The van der Waals surface area contributed by atoms with Crippen LogP contribution < -0.4 is 15.5 Å². The molecule has 0 saturated heterocycles. The molecule has 3 amide bonds. The molecule has 2 N–H and O–H groups in total. The van der Waals surface area contributed by atoms with Crippen LogP contribution in [0.5, 0.6) is 0 Å². The molecule has 1 heterocycles. The van der Waals surface area contributed by atoms with Crippen LogP contribution in [-0.4, -0.2) is 17.7 Å². The number of carbonyl (C=O) groups excluding carboxylic acids is 3. The summed E-state index contributed by atoms with van der Waals surface area (Å²) in [6, 6.07) is 16.4. The van der Waals surface area contributed by atoms with Gasteiger partial charge in [-0.1, -0.05) is 64.1 Å². The third-order valence-electron chi connectivity index (χ3n) is 4.98. The fraction of sp³-hybridized carbons (Fsp3) is 0.0417. The normalized spacial score (nSPS) is 13.5. The van der Waals surface area contributed by atoms with E-state index in [1.165, 1.54) is 12.1 Å². The van der Waals surface area contributed by atoms with Gasteiger partial charge in [0, 0.05) is 16.9 Å². The van der Waals surface area contributed by atoms with E-state index in [9.17, 15) is 14.4 Å². The van der Waals surface area contributed by atoms with Gasteiger partial charge in [-0.05, 0) is 55.5 Å². The number of hydrogen-bond acceptors (Lipinski definition) is 4. The van der Waals surface area contributed by atoms with Crippen molar-refractivity contribution in [1.82, 2.24) is 0 Å². The number of anilines is 3. The van der Waals surface area contributed by atoms with Gasteiger partial charge < -0.3 is 10.6 Å². The van der Waals surface area contributed by atoms with Gasteiger partial charge in [0.05, 0.1) is 20.8 Å². The Hall–Kier alpha value is -3.03. The van der Waals surface area contributed by atoms with Crippen LogP contribution in [-0.2, 0) is 9.59 Å². The second-order valence-corrected chi connectivity index (χ2v) is 8.97. The summed E-state index contributed by atoms with van der Waals surface area (Å²) in [7, 11) is 0. The van der Waals surface area contributed by atoms with E-state index in [1.807, 2.05) is 31.2 Å². The van der Waals surface area contributed by atoms with Gasteiger partial charge in [-0.15, -0.1) is 0 Å². The molecular formula is C24H15Cl4N3O3. The lowest BCUT2D eigenvalue weighted by atomic mass is 10.1. The summed E-state index contributed by atoms with van der Waals surface area (Å²) in [5, 5.41) is 5.70. The minimum atomic E-state index is -0.761. The molecule has 1 aliphatic rings. The largest absolute Gasteiger partial charge is 0.350 e. The number of imide groups is 1. The second-order valence-electron chi connectivity index (χ2n) is 7.37. The number of benzene rings is 3. The molecule has 0 atom stereocenters. The van der Waals surface area contributed by atoms with E-state index in [-0.39, 0.29) is 37.4 Å². The minimum absolute atomic E-state index is 0.0594. The van der Waals surface area contributed by atoms with E-state index < -0.39 is 11.8 Å². The van der Waals surface area contributed by atoms with Gasteiger partial charge in [0.15, 0.2) is 0 Å². The number of hydrogen-bond donors (Lipinski definition) is 2. The van der Waals surface area contributed by atoms with Gasteiger partial charge in [-0.3, -0.25) is 14.4 Å². The van der Waals surface area contributed by atoms with Crippen molar-refractivity contribution < 1.29 is 14.4 Å². The van der Waals surface area contributed by atoms with Gasteiger partial charge in [0.2, 0.25) is 0 Å². The lowest BCUT2D eigenvalue weighted by Gasteiger charge is -2.17. The summed E-state index contributed by atoms with van der Waals surface area (Å²) in [4.78, 5) is 39.0. The molecule has 0 fully saturated rings. The highest BCUT2D eigenvalue weighted by Gasteiger charge is 2.40. The van der Waals surface area contributed by atoms with Crippen molar-refractivity contribution in [2.24, 2.45) is 0 Å². The first-order chi connectivity index (χ1) is 16.2. The molecule has 0 aromatic heterocycles. The van der Waals surface area contributed by atoms with E-state index in [1.54, 1.807) is 24.3 Å². The number of rotatable bonds is 5. The number of aryl methyl sites for hydroxylation is 1. The van der Waals surface area contributed by atoms with Crippen molar-refractivity contribution in [1.29, 1.82) is 0 Å². The van der Waals surface area contributed by atoms with Crippen LogP contribution in [0.2, 0.25) is 15.1 Å². The first-order valence-corrected chi connectivity index (χ1v) is 11.3. The zero-order chi connectivity index (χ0) is 24.6. The Labute approximate surface area is 215 Å². The number of nitrogens with zero attached hydrogens (tertiary/aromatic N) is 1. The van der Waals surface area contributed by atoms with E-state index in [2.05, 4.69) is 10.6 Å². The Kier molecular flexibility index (Phi) is 6.86. The molecule has 0 saturated carbocycles. The molecule has 0 radical (unpaired) electrons. The fourth-order valence-electron chi connectivity index (χ4n) is 3.20. The van der Waals surface area contributed by atoms with Crippen LogP contribution >= 0.6 is 46.4 Å². The zero-order valence-electron chi connectivity index (χ0n) is 17.5. The smallest absolute Gasteiger partial charge is 0.283 e. The number of carbonyl (C=O) groups is 3. The highest BCUT2D eigenvalue weighted by atomic mass is 35.5. The van der Waals surface area contributed by atoms with Gasteiger partial charge >= 0.3 is 0 Å². The first kappa shape index (κ1) is 24.1. The Balaban J connectivity index is 1.51. The molecule has 6 nitrogen and oxygen atoms in total. The molecule has 172 valence electrons. The summed E-state index contributed by atoms with van der Waals surface area (Å²) < 4.78 is 0. The Morgan fingerprint density at radius 2 is 1.35 bits per heavy atom.